The third kappa shape index (κ3) is 2.91. The maximum atomic E-state index is 11.0. The van der Waals surface area contributed by atoms with Crippen molar-refractivity contribution < 1.29 is 9.90 Å². The number of rotatable bonds is 4. The smallest absolute Gasteiger partial charge is 0.337 e. The van der Waals surface area contributed by atoms with Crippen LogP contribution in [0.2, 0.25) is 0 Å². The topological polar surface area (TPSA) is 74.6 Å². The molecule has 0 spiro atoms. The van der Waals surface area contributed by atoms with E-state index >= 15 is 0 Å². The van der Waals surface area contributed by atoms with Gasteiger partial charge >= 0.3 is 5.97 Å². The molecule has 2 aromatic rings. The molecule has 90 valence electrons. The molecule has 0 atom stereocenters. The summed E-state index contributed by atoms with van der Waals surface area (Å²) in [5.74, 6) is -0.991. The van der Waals surface area contributed by atoms with Crippen molar-refractivity contribution >= 4 is 17.9 Å². The number of benzene rings is 1. The standard InChI is InChI=1S/C13H11N3O2/c17-13(18)11-5-1-2-6-12(11)16-15-9-10-4-3-7-14-8-10/h1-9,16H,(H,17,18). The quantitative estimate of drug-likeness (QED) is 0.635. The summed E-state index contributed by atoms with van der Waals surface area (Å²) in [7, 11) is 0. The van der Waals surface area contributed by atoms with Crippen LogP contribution in [0.3, 0.4) is 0 Å². The Balaban J connectivity index is 2.11. The van der Waals surface area contributed by atoms with Gasteiger partial charge in [-0.15, -0.1) is 0 Å². The van der Waals surface area contributed by atoms with E-state index in [0.29, 0.717) is 5.69 Å². The van der Waals surface area contributed by atoms with E-state index in [4.69, 9.17) is 5.11 Å². The Morgan fingerprint density at radius 2 is 2.11 bits per heavy atom. The Labute approximate surface area is 104 Å². The Bertz CT molecular complexity index is 567. The van der Waals surface area contributed by atoms with Gasteiger partial charge in [0.15, 0.2) is 0 Å². The maximum Gasteiger partial charge on any atom is 0.337 e. The third-order valence-electron chi connectivity index (χ3n) is 2.24. The van der Waals surface area contributed by atoms with E-state index in [-0.39, 0.29) is 5.56 Å². The van der Waals surface area contributed by atoms with Crippen molar-refractivity contribution in [2.45, 2.75) is 0 Å². The van der Waals surface area contributed by atoms with Gasteiger partial charge in [0.2, 0.25) is 0 Å². The molecule has 2 rings (SSSR count). The molecule has 2 N–H and O–H groups in total. The van der Waals surface area contributed by atoms with Gasteiger partial charge in [-0.2, -0.15) is 5.10 Å². The number of aromatic carboxylic acids is 1. The van der Waals surface area contributed by atoms with Crippen LogP contribution in [0.4, 0.5) is 5.69 Å². The number of hydrazone groups is 1. The van der Waals surface area contributed by atoms with Crippen molar-refractivity contribution in [1.82, 2.24) is 4.98 Å². The molecule has 0 saturated carbocycles. The van der Waals surface area contributed by atoms with Gasteiger partial charge in [0.05, 0.1) is 17.5 Å². The number of hydrogen-bond acceptors (Lipinski definition) is 4. The van der Waals surface area contributed by atoms with Gasteiger partial charge in [-0.1, -0.05) is 18.2 Å². The van der Waals surface area contributed by atoms with Gasteiger partial charge in [-0.05, 0) is 18.2 Å². The summed E-state index contributed by atoms with van der Waals surface area (Å²) in [5.41, 5.74) is 4.17. The zero-order chi connectivity index (χ0) is 12.8. The van der Waals surface area contributed by atoms with Crippen LogP contribution in [0.1, 0.15) is 15.9 Å². The first-order valence-corrected chi connectivity index (χ1v) is 5.29. The van der Waals surface area contributed by atoms with Crippen molar-refractivity contribution in [3.63, 3.8) is 0 Å². The first kappa shape index (κ1) is 11.8. The Morgan fingerprint density at radius 1 is 1.28 bits per heavy atom. The van der Waals surface area contributed by atoms with E-state index < -0.39 is 5.97 Å². The number of para-hydroxylation sites is 1. The van der Waals surface area contributed by atoms with Crippen LogP contribution in [0.5, 0.6) is 0 Å². The summed E-state index contributed by atoms with van der Waals surface area (Å²) < 4.78 is 0. The number of carboxylic acids is 1. The fourth-order valence-electron chi connectivity index (χ4n) is 1.40. The number of carboxylic acid groups (broad SMARTS) is 1. The predicted octanol–water partition coefficient (Wildman–Crippen LogP) is 2.23. The number of pyridine rings is 1. The van der Waals surface area contributed by atoms with Crippen molar-refractivity contribution in [3.05, 3.63) is 59.9 Å². The van der Waals surface area contributed by atoms with Crippen LogP contribution in [0, 0.1) is 0 Å². The van der Waals surface area contributed by atoms with Crippen LogP contribution in [0.15, 0.2) is 53.9 Å². The van der Waals surface area contributed by atoms with E-state index in [1.807, 2.05) is 6.07 Å². The molecule has 0 unspecified atom stereocenters. The number of nitrogens with one attached hydrogen (secondary N) is 1. The summed E-state index contributed by atoms with van der Waals surface area (Å²) in [5, 5.41) is 13.0. The molecule has 0 fully saturated rings. The zero-order valence-corrected chi connectivity index (χ0v) is 9.45. The third-order valence-corrected chi connectivity index (χ3v) is 2.24. The molecule has 1 aromatic carbocycles. The molecule has 5 nitrogen and oxygen atoms in total. The minimum Gasteiger partial charge on any atom is -0.478 e. The molecule has 0 radical (unpaired) electrons. The fourth-order valence-corrected chi connectivity index (χ4v) is 1.40. The molecule has 0 saturated heterocycles. The Kier molecular flexibility index (Phi) is 3.66. The second-order valence-electron chi connectivity index (χ2n) is 3.51. The van der Waals surface area contributed by atoms with Gasteiger partial charge in [-0.3, -0.25) is 10.4 Å². The second kappa shape index (κ2) is 5.58. The van der Waals surface area contributed by atoms with E-state index in [2.05, 4.69) is 15.5 Å². The molecule has 5 heteroatoms. The number of aromatic nitrogens is 1. The second-order valence-corrected chi connectivity index (χ2v) is 3.51. The summed E-state index contributed by atoms with van der Waals surface area (Å²) in [4.78, 5) is 14.9. The summed E-state index contributed by atoms with van der Waals surface area (Å²) in [6.07, 6.45) is 4.91. The minimum absolute atomic E-state index is 0.181. The van der Waals surface area contributed by atoms with Gasteiger partial charge in [0.25, 0.3) is 0 Å². The fraction of sp³-hybridized carbons (Fsp3) is 0. The lowest BCUT2D eigenvalue weighted by atomic mass is 10.2. The van der Waals surface area contributed by atoms with E-state index in [9.17, 15) is 4.79 Å². The lowest BCUT2D eigenvalue weighted by molar-refractivity contribution is 0.0698. The molecular weight excluding hydrogens is 230 g/mol. The van der Waals surface area contributed by atoms with Gasteiger partial charge in [0.1, 0.15) is 0 Å². The molecule has 0 aliphatic rings. The first-order valence-electron chi connectivity index (χ1n) is 5.29. The van der Waals surface area contributed by atoms with Crippen LogP contribution in [0.25, 0.3) is 0 Å². The monoisotopic (exact) mass is 241 g/mol. The Morgan fingerprint density at radius 3 is 2.83 bits per heavy atom. The van der Waals surface area contributed by atoms with E-state index in [1.54, 1.807) is 42.9 Å². The highest BCUT2D eigenvalue weighted by molar-refractivity contribution is 5.94. The first-order chi connectivity index (χ1) is 8.77. The van der Waals surface area contributed by atoms with E-state index in [1.165, 1.54) is 6.07 Å². The number of carbonyl (C=O) groups is 1. The van der Waals surface area contributed by atoms with Crippen LogP contribution in [-0.2, 0) is 0 Å². The molecule has 0 amide bonds. The van der Waals surface area contributed by atoms with Gasteiger partial charge < -0.3 is 5.11 Å². The highest BCUT2D eigenvalue weighted by Crippen LogP contribution is 2.14. The molecule has 18 heavy (non-hydrogen) atoms. The number of nitrogens with zero attached hydrogens (tertiary/aromatic N) is 2. The van der Waals surface area contributed by atoms with E-state index in [0.717, 1.165) is 5.56 Å². The highest BCUT2D eigenvalue weighted by Gasteiger charge is 2.07. The van der Waals surface area contributed by atoms with Crippen molar-refractivity contribution in [2.24, 2.45) is 5.10 Å². The van der Waals surface area contributed by atoms with Crippen molar-refractivity contribution in [3.8, 4) is 0 Å². The van der Waals surface area contributed by atoms with Crippen LogP contribution < -0.4 is 5.43 Å². The highest BCUT2D eigenvalue weighted by atomic mass is 16.4. The Hall–Kier alpha value is -2.69. The summed E-state index contributed by atoms with van der Waals surface area (Å²) in [6.45, 7) is 0. The number of anilines is 1. The summed E-state index contributed by atoms with van der Waals surface area (Å²) in [6, 6.07) is 10.2. The molecular formula is C13H11N3O2. The normalized spacial score (nSPS) is 10.4. The van der Waals surface area contributed by atoms with Crippen molar-refractivity contribution in [2.75, 3.05) is 5.43 Å². The van der Waals surface area contributed by atoms with Crippen LogP contribution in [-0.4, -0.2) is 22.3 Å². The largest absolute Gasteiger partial charge is 0.478 e. The minimum atomic E-state index is -0.991. The summed E-state index contributed by atoms with van der Waals surface area (Å²) >= 11 is 0. The molecule has 0 bridgehead atoms. The van der Waals surface area contributed by atoms with Gasteiger partial charge in [-0.25, -0.2) is 4.79 Å². The number of hydrogen-bond donors (Lipinski definition) is 2. The molecule has 1 aromatic heterocycles. The predicted molar refractivity (Wildman–Crippen MR) is 68.9 cm³/mol. The maximum absolute atomic E-state index is 11.0. The zero-order valence-electron chi connectivity index (χ0n) is 9.45. The average Bonchev–Trinajstić information content (AvgIpc) is 2.40. The molecule has 0 aliphatic heterocycles. The molecule has 1 heterocycles. The lowest BCUT2D eigenvalue weighted by Gasteiger charge is -2.03. The van der Waals surface area contributed by atoms with Crippen LogP contribution >= 0.6 is 0 Å². The SMILES string of the molecule is O=C(O)c1ccccc1NN=Cc1cccnc1. The van der Waals surface area contributed by atoms with Crippen molar-refractivity contribution in [1.29, 1.82) is 0 Å². The average molecular weight is 241 g/mol. The lowest BCUT2D eigenvalue weighted by Crippen LogP contribution is -2.02. The van der Waals surface area contributed by atoms with Gasteiger partial charge in [0, 0.05) is 18.0 Å². The molecule has 0 aliphatic carbocycles.